The number of furan rings is 1. The Bertz CT molecular complexity index is 839. The maximum Gasteiger partial charge on any atom is 0.273 e. The lowest BCUT2D eigenvalue weighted by atomic mass is 10.1. The van der Waals surface area contributed by atoms with Crippen LogP contribution in [-0.4, -0.2) is 29.2 Å². The molecule has 1 fully saturated rings. The molecular weight excluding hydrogens is 334 g/mol. The van der Waals surface area contributed by atoms with E-state index in [1.54, 1.807) is 32.0 Å². The van der Waals surface area contributed by atoms with E-state index in [1.165, 1.54) is 0 Å². The first-order chi connectivity index (χ1) is 12.4. The summed E-state index contributed by atoms with van der Waals surface area (Å²) in [7, 11) is 0. The predicted molar refractivity (Wildman–Crippen MR) is 94.2 cm³/mol. The van der Waals surface area contributed by atoms with Crippen molar-refractivity contribution in [2.45, 2.75) is 33.2 Å². The van der Waals surface area contributed by atoms with Gasteiger partial charge in [-0.1, -0.05) is 12.1 Å². The van der Waals surface area contributed by atoms with Crippen LogP contribution in [0.25, 0.3) is 0 Å². The van der Waals surface area contributed by atoms with Gasteiger partial charge in [-0.3, -0.25) is 25.2 Å². The van der Waals surface area contributed by atoms with Gasteiger partial charge in [-0.2, -0.15) is 0 Å². The summed E-state index contributed by atoms with van der Waals surface area (Å²) in [6.45, 7) is 4.77. The van der Waals surface area contributed by atoms with E-state index in [4.69, 9.17) is 4.42 Å². The average molecular weight is 355 g/mol. The molecular formula is C19H21N3O4. The van der Waals surface area contributed by atoms with Crippen LogP contribution >= 0.6 is 0 Å². The molecule has 7 nitrogen and oxygen atoms in total. The summed E-state index contributed by atoms with van der Waals surface area (Å²) in [5.41, 5.74) is 6.53. The number of hydrazine groups is 1. The largest absolute Gasteiger partial charge is 0.466 e. The molecule has 3 amide bonds. The second-order valence-electron chi connectivity index (χ2n) is 6.35. The number of likely N-dealkylation sites (tertiary alicyclic amines) is 1. The van der Waals surface area contributed by atoms with Crippen LogP contribution in [0.5, 0.6) is 0 Å². The van der Waals surface area contributed by atoms with Crippen LogP contribution in [-0.2, 0) is 11.3 Å². The summed E-state index contributed by atoms with van der Waals surface area (Å²) in [5.74, 6) is 0.442. The van der Waals surface area contributed by atoms with Crippen molar-refractivity contribution in [3.8, 4) is 0 Å². The minimum atomic E-state index is -0.433. The van der Waals surface area contributed by atoms with Gasteiger partial charge in [-0.05, 0) is 44.0 Å². The molecule has 0 bridgehead atoms. The van der Waals surface area contributed by atoms with E-state index in [1.807, 2.05) is 17.0 Å². The highest BCUT2D eigenvalue weighted by molar-refractivity contribution is 5.99. The second kappa shape index (κ2) is 7.43. The third kappa shape index (κ3) is 3.93. The number of benzene rings is 1. The zero-order chi connectivity index (χ0) is 18.7. The molecule has 136 valence electrons. The predicted octanol–water partition coefficient (Wildman–Crippen LogP) is 2.09. The molecule has 1 saturated heterocycles. The third-order valence-corrected chi connectivity index (χ3v) is 4.34. The maximum absolute atomic E-state index is 12.2. The molecule has 0 spiro atoms. The lowest BCUT2D eigenvalue weighted by molar-refractivity contribution is -0.128. The molecule has 1 aliphatic rings. The first-order valence-electron chi connectivity index (χ1n) is 8.48. The van der Waals surface area contributed by atoms with Crippen LogP contribution in [0.1, 0.15) is 50.6 Å². The highest BCUT2D eigenvalue weighted by Gasteiger charge is 2.20. The number of amides is 3. The quantitative estimate of drug-likeness (QED) is 0.822. The van der Waals surface area contributed by atoms with Crippen LogP contribution in [0.2, 0.25) is 0 Å². The molecule has 2 N–H and O–H groups in total. The Hall–Kier alpha value is -3.09. The molecule has 3 rings (SSSR count). The normalized spacial score (nSPS) is 13.8. The summed E-state index contributed by atoms with van der Waals surface area (Å²) in [4.78, 5) is 37.7. The van der Waals surface area contributed by atoms with Gasteiger partial charge in [0.25, 0.3) is 11.8 Å². The number of hydrogen-bond acceptors (Lipinski definition) is 4. The smallest absolute Gasteiger partial charge is 0.273 e. The van der Waals surface area contributed by atoms with E-state index in [0.717, 1.165) is 18.5 Å². The van der Waals surface area contributed by atoms with Crippen molar-refractivity contribution in [2.24, 2.45) is 0 Å². The third-order valence-electron chi connectivity index (χ3n) is 4.34. The van der Waals surface area contributed by atoms with Crippen molar-refractivity contribution >= 4 is 17.7 Å². The van der Waals surface area contributed by atoms with Gasteiger partial charge < -0.3 is 9.32 Å². The van der Waals surface area contributed by atoms with Gasteiger partial charge in [0.2, 0.25) is 5.91 Å². The zero-order valence-corrected chi connectivity index (χ0v) is 14.8. The minimum absolute atomic E-state index is 0.166. The van der Waals surface area contributed by atoms with E-state index in [0.29, 0.717) is 35.6 Å². The molecule has 1 aromatic heterocycles. The Morgan fingerprint density at radius 3 is 2.38 bits per heavy atom. The van der Waals surface area contributed by atoms with Crippen LogP contribution in [0, 0.1) is 13.8 Å². The molecule has 0 radical (unpaired) electrons. The Balaban J connectivity index is 1.55. The summed E-state index contributed by atoms with van der Waals surface area (Å²) < 4.78 is 5.30. The van der Waals surface area contributed by atoms with Crippen molar-refractivity contribution in [3.63, 3.8) is 0 Å². The molecule has 0 aliphatic carbocycles. The average Bonchev–Trinajstić information content (AvgIpc) is 3.18. The van der Waals surface area contributed by atoms with Gasteiger partial charge in [-0.15, -0.1) is 0 Å². The first-order valence-corrected chi connectivity index (χ1v) is 8.48. The van der Waals surface area contributed by atoms with E-state index in [-0.39, 0.29) is 5.91 Å². The van der Waals surface area contributed by atoms with Gasteiger partial charge >= 0.3 is 0 Å². The minimum Gasteiger partial charge on any atom is -0.466 e. The number of carbonyl (C=O) groups excluding carboxylic acids is 3. The number of aryl methyl sites for hydroxylation is 2. The number of nitrogens with one attached hydrogen (secondary N) is 2. The molecule has 0 atom stereocenters. The van der Waals surface area contributed by atoms with Gasteiger partial charge in [0.1, 0.15) is 11.5 Å². The van der Waals surface area contributed by atoms with Crippen LogP contribution in [0.4, 0.5) is 0 Å². The summed E-state index contributed by atoms with van der Waals surface area (Å²) in [6.07, 6.45) is 1.50. The molecule has 1 aromatic carbocycles. The van der Waals surface area contributed by atoms with Gasteiger partial charge in [-0.25, -0.2) is 0 Å². The standard InChI is InChI=1S/C19H21N3O4/c1-12-10-16(13(2)26-12)19(25)21-20-18(24)15-7-5-14(6-8-15)11-22-9-3-4-17(22)23/h5-8,10H,3-4,9,11H2,1-2H3,(H,20,24)(H,21,25). The lowest BCUT2D eigenvalue weighted by Crippen LogP contribution is -2.41. The lowest BCUT2D eigenvalue weighted by Gasteiger charge is -2.15. The van der Waals surface area contributed by atoms with Crippen molar-refractivity contribution < 1.29 is 18.8 Å². The van der Waals surface area contributed by atoms with Gasteiger partial charge in [0.05, 0.1) is 5.56 Å². The van der Waals surface area contributed by atoms with Crippen LogP contribution in [0.3, 0.4) is 0 Å². The maximum atomic E-state index is 12.2. The molecule has 0 unspecified atom stereocenters. The first kappa shape index (κ1) is 17.7. The molecule has 1 aliphatic heterocycles. The molecule has 26 heavy (non-hydrogen) atoms. The fourth-order valence-electron chi connectivity index (χ4n) is 2.96. The Morgan fingerprint density at radius 2 is 1.81 bits per heavy atom. The Kier molecular flexibility index (Phi) is 5.06. The van der Waals surface area contributed by atoms with E-state index >= 15 is 0 Å². The Labute approximate surface area is 151 Å². The summed E-state index contributed by atoms with van der Waals surface area (Å²) >= 11 is 0. The second-order valence-corrected chi connectivity index (χ2v) is 6.35. The highest BCUT2D eigenvalue weighted by atomic mass is 16.3. The Morgan fingerprint density at radius 1 is 1.12 bits per heavy atom. The molecule has 2 aromatic rings. The topological polar surface area (TPSA) is 91.7 Å². The number of hydrogen-bond donors (Lipinski definition) is 2. The fourth-order valence-corrected chi connectivity index (χ4v) is 2.96. The number of carbonyl (C=O) groups is 3. The molecule has 7 heteroatoms. The van der Waals surface area contributed by atoms with Crippen molar-refractivity contribution in [2.75, 3.05) is 6.54 Å². The van der Waals surface area contributed by atoms with Crippen molar-refractivity contribution in [1.82, 2.24) is 15.8 Å². The van der Waals surface area contributed by atoms with E-state index in [2.05, 4.69) is 10.9 Å². The van der Waals surface area contributed by atoms with E-state index < -0.39 is 11.8 Å². The SMILES string of the molecule is Cc1cc(C(=O)NNC(=O)c2ccc(CN3CCCC3=O)cc2)c(C)o1. The number of nitrogens with zero attached hydrogens (tertiary/aromatic N) is 1. The summed E-state index contributed by atoms with van der Waals surface area (Å²) in [6, 6.07) is 8.58. The molecule has 2 heterocycles. The number of rotatable bonds is 4. The highest BCUT2D eigenvalue weighted by Crippen LogP contribution is 2.15. The van der Waals surface area contributed by atoms with Crippen LogP contribution < -0.4 is 10.9 Å². The van der Waals surface area contributed by atoms with Crippen molar-refractivity contribution in [1.29, 1.82) is 0 Å². The monoisotopic (exact) mass is 355 g/mol. The van der Waals surface area contributed by atoms with Gasteiger partial charge in [0.15, 0.2) is 0 Å². The zero-order valence-electron chi connectivity index (χ0n) is 14.8. The summed E-state index contributed by atoms with van der Waals surface area (Å²) in [5, 5.41) is 0. The van der Waals surface area contributed by atoms with Gasteiger partial charge in [0, 0.05) is 25.1 Å². The molecule has 0 saturated carbocycles. The van der Waals surface area contributed by atoms with Crippen molar-refractivity contribution in [3.05, 3.63) is 58.5 Å². The fraction of sp³-hybridized carbons (Fsp3) is 0.316. The van der Waals surface area contributed by atoms with Crippen LogP contribution in [0.15, 0.2) is 34.7 Å². The van der Waals surface area contributed by atoms with E-state index in [9.17, 15) is 14.4 Å².